The Balaban J connectivity index is 1.68. The molecule has 0 bridgehead atoms. The molecule has 0 saturated heterocycles. The van der Waals surface area contributed by atoms with Gasteiger partial charge in [0, 0.05) is 32.0 Å². The molecule has 118 valence electrons. The van der Waals surface area contributed by atoms with Crippen LogP contribution in [0.5, 0.6) is 5.75 Å². The molecule has 1 unspecified atom stereocenters. The monoisotopic (exact) mass is 304 g/mol. The lowest BCUT2D eigenvalue weighted by Gasteiger charge is -2.13. The third-order valence-corrected chi connectivity index (χ3v) is 3.17. The predicted molar refractivity (Wildman–Crippen MR) is 81.6 cm³/mol. The van der Waals surface area contributed by atoms with Crippen LogP contribution < -0.4 is 15.4 Å². The molecule has 1 aromatic carbocycles. The number of benzene rings is 1. The maximum Gasteiger partial charge on any atom is 0.314 e. The zero-order valence-corrected chi connectivity index (χ0v) is 12.4. The molecule has 2 aromatic rings. The van der Waals surface area contributed by atoms with Crippen LogP contribution in [-0.2, 0) is 6.54 Å². The average Bonchev–Trinajstić information content (AvgIpc) is 3.06. The molecule has 0 aliphatic rings. The number of carbonyl (C=O) groups is 1. The van der Waals surface area contributed by atoms with Gasteiger partial charge in [0.1, 0.15) is 5.75 Å². The second-order valence-electron chi connectivity index (χ2n) is 4.73. The second-order valence-corrected chi connectivity index (χ2v) is 4.73. The Morgan fingerprint density at radius 2 is 2.14 bits per heavy atom. The number of hydrogen-bond acceptors (Lipinski definition) is 4. The van der Waals surface area contributed by atoms with Gasteiger partial charge in [-0.3, -0.25) is 0 Å². The standard InChI is InChI=1S/C15H20N4O3/c1-22-13-4-2-12(3-5-13)14(20)10-18-15(21)17-7-9-19-8-6-16-11-19/h2-6,8,11,14,20H,7,9-10H2,1H3,(H2,17,18,21). The van der Waals surface area contributed by atoms with Gasteiger partial charge in [0.15, 0.2) is 0 Å². The minimum Gasteiger partial charge on any atom is -0.497 e. The minimum absolute atomic E-state index is 0.142. The molecule has 7 heteroatoms. The molecule has 0 radical (unpaired) electrons. The van der Waals surface area contributed by atoms with Gasteiger partial charge in [0.05, 0.1) is 19.5 Å². The summed E-state index contributed by atoms with van der Waals surface area (Å²) in [4.78, 5) is 15.5. The predicted octanol–water partition coefficient (Wildman–Crippen LogP) is 0.924. The number of hydrogen-bond donors (Lipinski definition) is 3. The highest BCUT2D eigenvalue weighted by Gasteiger charge is 2.09. The molecule has 1 heterocycles. The Bertz CT molecular complexity index is 569. The first-order valence-corrected chi connectivity index (χ1v) is 6.98. The third kappa shape index (κ3) is 4.78. The van der Waals surface area contributed by atoms with Crippen LogP contribution >= 0.6 is 0 Å². The van der Waals surface area contributed by atoms with E-state index in [-0.39, 0.29) is 12.6 Å². The molecule has 1 atom stereocenters. The van der Waals surface area contributed by atoms with E-state index in [1.165, 1.54) is 0 Å². The molecule has 0 aliphatic carbocycles. The number of aromatic nitrogens is 2. The number of rotatable bonds is 7. The topological polar surface area (TPSA) is 88.4 Å². The molecule has 1 aromatic heterocycles. The average molecular weight is 304 g/mol. The number of ether oxygens (including phenoxy) is 1. The van der Waals surface area contributed by atoms with Crippen molar-refractivity contribution in [1.29, 1.82) is 0 Å². The van der Waals surface area contributed by atoms with Crippen molar-refractivity contribution in [2.45, 2.75) is 12.6 Å². The molecule has 0 saturated carbocycles. The number of nitrogens with zero attached hydrogens (tertiary/aromatic N) is 2. The Morgan fingerprint density at radius 1 is 1.36 bits per heavy atom. The highest BCUT2D eigenvalue weighted by Crippen LogP contribution is 2.16. The summed E-state index contributed by atoms with van der Waals surface area (Å²) >= 11 is 0. The molecule has 0 aliphatic heterocycles. The number of aliphatic hydroxyl groups is 1. The molecule has 22 heavy (non-hydrogen) atoms. The van der Waals surface area contributed by atoms with Gasteiger partial charge in [0.2, 0.25) is 0 Å². The Hall–Kier alpha value is -2.54. The summed E-state index contributed by atoms with van der Waals surface area (Å²) in [7, 11) is 1.58. The van der Waals surface area contributed by atoms with Crippen LogP contribution in [0.25, 0.3) is 0 Å². The number of imidazole rings is 1. The van der Waals surface area contributed by atoms with E-state index < -0.39 is 6.10 Å². The summed E-state index contributed by atoms with van der Waals surface area (Å²) in [6.07, 6.45) is 4.44. The van der Waals surface area contributed by atoms with E-state index in [2.05, 4.69) is 15.6 Å². The quantitative estimate of drug-likeness (QED) is 0.710. The first kappa shape index (κ1) is 15.8. The largest absolute Gasteiger partial charge is 0.497 e. The Labute approximate surface area is 128 Å². The van der Waals surface area contributed by atoms with Crippen molar-refractivity contribution < 1.29 is 14.6 Å². The maximum atomic E-state index is 11.6. The molecular formula is C15H20N4O3. The van der Waals surface area contributed by atoms with Gasteiger partial charge >= 0.3 is 6.03 Å². The first-order chi connectivity index (χ1) is 10.7. The first-order valence-electron chi connectivity index (χ1n) is 6.98. The maximum absolute atomic E-state index is 11.6. The summed E-state index contributed by atoms with van der Waals surface area (Å²) in [5.74, 6) is 0.723. The summed E-state index contributed by atoms with van der Waals surface area (Å²) in [5.41, 5.74) is 0.722. The summed E-state index contributed by atoms with van der Waals surface area (Å²) < 4.78 is 6.92. The fourth-order valence-corrected chi connectivity index (χ4v) is 1.91. The van der Waals surface area contributed by atoms with Crippen LogP contribution in [0.2, 0.25) is 0 Å². The normalized spacial score (nSPS) is 11.7. The van der Waals surface area contributed by atoms with E-state index in [9.17, 15) is 9.90 Å². The molecule has 3 N–H and O–H groups in total. The number of aliphatic hydroxyl groups excluding tert-OH is 1. The van der Waals surface area contributed by atoms with E-state index in [1.807, 2.05) is 10.8 Å². The smallest absolute Gasteiger partial charge is 0.314 e. The zero-order valence-electron chi connectivity index (χ0n) is 12.4. The van der Waals surface area contributed by atoms with Crippen molar-refractivity contribution in [3.63, 3.8) is 0 Å². The number of amides is 2. The van der Waals surface area contributed by atoms with E-state index in [1.54, 1.807) is 43.9 Å². The molecule has 0 spiro atoms. The highest BCUT2D eigenvalue weighted by atomic mass is 16.5. The lowest BCUT2D eigenvalue weighted by atomic mass is 10.1. The van der Waals surface area contributed by atoms with Gasteiger partial charge in [-0.1, -0.05) is 12.1 Å². The van der Waals surface area contributed by atoms with Gasteiger partial charge in [-0.25, -0.2) is 9.78 Å². The lowest BCUT2D eigenvalue weighted by molar-refractivity contribution is 0.173. The summed E-state index contributed by atoms with van der Waals surface area (Å²) in [6, 6.07) is 6.75. The van der Waals surface area contributed by atoms with Gasteiger partial charge in [0.25, 0.3) is 0 Å². The van der Waals surface area contributed by atoms with E-state index in [0.29, 0.717) is 13.1 Å². The van der Waals surface area contributed by atoms with Crippen molar-refractivity contribution in [3.05, 3.63) is 48.5 Å². The van der Waals surface area contributed by atoms with E-state index >= 15 is 0 Å². The van der Waals surface area contributed by atoms with Crippen molar-refractivity contribution in [2.24, 2.45) is 0 Å². The van der Waals surface area contributed by atoms with Crippen LogP contribution in [-0.4, -0.2) is 40.9 Å². The fourth-order valence-electron chi connectivity index (χ4n) is 1.91. The summed E-state index contributed by atoms with van der Waals surface area (Å²) in [6.45, 7) is 1.28. The van der Waals surface area contributed by atoms with Crippen LogP contribution in [0.1, 0.15) is 11.7 Å². The fraction of sp³-hybridized carbons (Fsp3) is 0.333. The molecule has 2 rings (SSSR count). The van der Waals surface area contributed by atoms with Crippen molar-refractivity contribution in [3.8, 4) is 5.75 Å². The SMILES string of the molecule is COc1ccc(C(O)CNC(=O)NCCn2ccnc2)cc1. The van der Waals surface area contributed by atoms with Crippen molar-refractivity contribution in [2.75, 3.05) is 20.2 Å². The van der Waals surface area contributed by atoms with E-state index in [4.69, 9.17) is 4.74 Å². The van der Waals surface area contributed by atoms with Gasteiger partial charge < -0.3 is 25.0 Å². The Morgan fingerprint density at radius 3 is 2.77 bits per heavy atom. The minimum atomic E-state index is -0.759. The molecule has 7 nitrogen and oxygen atoms in total. The van der Waals surface area contributed by atoms with Crippen molar-refractivity contribution >= 4 is 6.03 Å². The third-order valence-electron chi connectivity index (χ3n) is 3.17. The van der Waals surface area contributed by atoms with Gasteiger partial charge in [-0.05, 0) is 17.7 Å². The highest BCUT2D eigenvalue weighted by molar-refractivity contribution is 5.73. The lowest BCUT2D eigenvalue weighted by Crippen LogP contribution is -2.39. The van der Waals surface area contributed by atoms with Crippen LogP contribution in [0.15, 0.2) is 43.0 Å². The summed E-state index contributed by atoms with van der Waals surface area (Å²) in [5, 5.41) is 15.4. The second kappa shape index (κ2) is 8.04. The van der Waals surface area contributed by atoms with Gasteiger partial charge in [-0.2, -0.15) is 0 Å². The van der Waals surface area contributed by atoms with Gasteiger partial charge in [-0.15, -0.1) is 0 Å². The van der Waals surface area contributed by atoms with E-state index in [0.717, 1.165) is 11.3 Å². The molecule has 2 amide bonds. The molecule has 0 fully saturated rings. The number of urea groups is 1. The zero-order chi connectivity index (χ0) is 15.8. The number of nitrogens with one attached hydrogen (secondary N) is 2. The number of carbonyl (C=O) groups excluding carboxylic acids is 1. The number of methoxy groups -OCH3 is 1. The Kier molecular flexibility index (Phi) is 5.79. The van der Waals surface area contributed by atoms with Crippen LogP contribution in [0, 0.1) is 0 Å². The van der Waals surface area contributed by atoms with Crippen LogP contribution in [0.4, 0.5) is 4.79 Å². The van der Waals surface area contributed by atoms with Crippen LogP contribution in [0.3, 0.4) is 0 Å². The molecular weight excluding hydrogens is 284 g/mol. The van der Waals surface area contributed by atoms with Crippen molar-refractivity contribution in [1.82, 2.24) is 20.2 Å².